The SMILES string of the molecule is CC(C)(C)OC(=O)N1CCCN(c2cccc(C=O)c2)CC1. The fraction of sp³-hybridized carbons (Fsp3) is 0.529. The van der Waals surface area contributed by atoms with E-state index in [1.54, 1.807) is 11.0 Å². The van der Waals surface area contributed by atoms with Crippen LogP contribution < -0.4 is 4.90 Å². The Balaban J connectivity index is 2.00. The van der Waals surface area contributed by atoms with Crippen LogP contribution in [0.2, 0.25) is 0 Å². The molecule has 5 heteroatoms. The number of anilines is 1. The summed E-state index contributed by atoms with van der Waals surface area (Å²) >= 11 is 0. The van der Waals surface area contributed by atoms with Crippen LogP contribution in [-0.2, 0) is 4.74 Å². The number of carbonyl (C=O) groups is 2. The van der Waals surface area contributed by atoms with Crippen molar-refractivity contribution in [2.24, 2.45) is 0 Å². The normalized spacial score (nSPS) is 16.1. The highest BCUT2D eigenvalue weighted by molar-refractivity contribution is 5.77. The van der Waals surface area contributed by atoms with Crippen molar-refractivity contribution in [3.63, 3.8) is 0 Å². The third-order valence-electron chi connectivity index (χ3n) is 3.52. The zero-order chi connectivity index (χ0) is 16.2. The number of benzene rings is 1. The number of rotatable bonds is 2. The quantitative estimate of drug-likeness (QED) is 0.788. The van der Waals surface area contributed by atoms with Crippen molar-refractivity contribution in [3.8, 4) is 0 Å². The Morgan fingerprint density at radius 3 is 2.64 bits per heavy atom. The van der Waals surface area contributed by atoms with E-state index >= 15 is 0 Å². The number of hydrogen-bond donors (Lipinski definition) is 0. The fourth-order valence-corrected chi connectivity index (χ4v) is 2.48. The molecule has 1 amide bonds. The molecule has 0 bridgehead atoms. The highest BCUT2D eigenvalue weighted by atomic mass is 16.6. The molecule has 1 saturated heterocycles. The van der Waals surface area contributed by atoms with Crippen LogP contribution in [0.5, 0.6) is 0 Å². The van der Waals surface area contributed by atoms with Gasteiger partial charge in [-0.05, 0) is 39.3 Å². The Morgan fingerprint density at radius 2 is 1.95 bits per heavy atom. The van der Waals surface area contributed by atoms with Gasteiger partial charge in [0.2, 0.25) is 0 Å². The molecule has 120 valence electrons. The van der Waals surface area contributed by atoms with Crippen molar-refractivity contribution in [1.29, 1.82) is 0 Å². The lowest BCUT2D eigenvalue weighted by molar-refractivity contribution is 0.0263. The lowest BCUT2D eigenvalue weighted by Gasteiger charge is -2.27. The monoisotopic (exact) mass is 304 g/mol. The predicted molar refractivity (Wildman–Crippen MR) is 86.5 cm³/mol. The molecule has 0 saturated carbocycles. The molecule has 0 N–H and O–H groups in total. The maximum Gasteiger partial charge on any atom is 0.410 e. The number of aldehydes is 1. The van der Waals surface area contributed by atoms with E-state index in [2.05, 4.69) is 4.90 Å². The Labute approximate surface area is 131 Å². The summed E-state index contributed by atoms with van der Waals surface area (Å²) < 4.78 is 5.43. The van der Waals surface area contributed by atoms with E-state index in [0.717, 1.165) is 31.5 Å². The Morgan fingerprint density at radius 1 is 1.18 bits per heavy atom. The van der Waals surface area contributed by atoms with Gasteiger partial charge in [-0.2, -0.15) is 0 Å². The standard InChI is InChI=1S/C17H24N2O3/c1-17(2,3)22-16(21)19-9-5-8-18(10-11-19)15-7-4-6-14(12-15)13-20/h4,6-7,12-13H,5,8-11H2,1-3H3. The van der Waals surface area contributed by atoms with Crippen LogP contribution in [0.15, 0.2) is 24.3 Å². The minimum Gasteiger partial charge on any atom is -0.444 e. The molecule has 1 aromatic rings. The Hall–Kier alpha value is -2.04. The van der Waals surface area contributed by atoms with E-state index in [1.165, 1.54) is 0 Å². The number of carbonyl (C=O) groups excluding carboxylic acids is 2. The van der Waals surface area contributed by atoms with Gasteiger partial charge in [-0.25, -0.2) is 4.79 Å². The molecule has 0 atom stereocenters. The van der Waals surface area contributed by atoms with Gasteiger partial charge in [-0.15, -0.1) is 0 Å². The molecule has 5 nitrogen and oxygen atoms in total. The third kappa shape index (κ3) is 4.48. The van der Waals surface area contributed by atoms with E-state index in [4.69, 9.17) is 4.74 Å². The van der Waals surface area contributed by atoms with Crippen molar-refractivity contribution in [2.45, 2.75) is 32.8 Å². The van der Waals surface area contributed by atoms with Gasteiger partial charge < -0.3 is 14.5 Å². The smallest absolute Gasteiger partial charge is 0.410 e. The average molecular weight is 304 g/mol. The number of hydrogen-bond acceptors (Lipinski definition) is 4. The first-order valence-corrected chi connectivity index (χ1v) is 7.67. The van der Waals surface area contributed by atoms with Gasteiger partial charge in [0.25, 0.3) is 0 Å². The predicted octanol–water partition coefficient (Wildman–Crippen LogP) is 2.95. The van der Waals surface area contributed by atoms with E-state index in [-0.39, 0.29) is 6.09 Å². The van der Waals surface area contributed by atoms with Gasteiger partial charge in [0.05, 0.1) is 0 Å². The molecule has 1 fully saturated rings. The molecule has 0 unspecified atom stereocenters. The van der Waals surface area contributed by atoms with Crippen LogP contribution in [-0.4, -0.2) is 49.1 Å². The Bertz CT molecular complexity index is 537. The second kappa shape index (κ2) is 6.81. The van der Waals surface area contributed by atoms with Gasteiger partial charge in [0.1, 0.15) is 11.9 Å². The fourth-order valence-electron chi connectivity index (χ4n) is 2.48. The highest BCUT2D eigenvalue weighted by Crippen LogP contribution is 2.18. The molecule has 0 aromatic heterocycles. The molecular formula is C17H24N2O3. The molecule has 1 aromatic carbocycles. The van der Waals surface area contributed by atoms with Gasteiger partial charge in [0.15, 0.2) is 0 Å². The Kier molecular flexibility index (Phi) is 5.06. The lowest BCUT2D eigenvalue weighted by Crippen LogP contribution is -2.39. The van der Waals surface area contributed by atoms with Crippen molar-refractivity contribution in [3.05, 3.63) is 29.8 Å². The molecule has 1 aliphatic rings. The second-order valence-electron chi connectivity index (χ2n) is 6.52. The van der Waals surface area contributed by atoms with Crippen molar-refractivity contribution < 1.29 is 14.3 Å². The molecule has 2 rings (SSSR count). The molecule has 0 aliphatic carbocycles. The summed E-state index contributed by atoms with van der Waals surface area (Å²) in [5.74, 6) is 0. The zero-order valence-electron chi connectivity index (χ0n) is 13.5. The maximum absolute atomic E-state index is 12.1. The van der Waals surface area contributed by atoms with Crippen LogP contribution in [0, 0.1) is 0 Å². The molecule has 1 aliphatic heterocycles. The van der Waals surface area contributed by atoms with Crippen LogP contribution in [0.3, 0.4) is 0 Å². The van der Waals surface area contributed by atoms with Gasteiger partial charge >= 0.3 is 6.09 Å². The van der Waals surface area contributed by atoms with Crippen molar-refractivity contribution in [1.82, 2.24) is 4.90 Å². The average Bonchev–Trinajstić information content (AvgIpc) is 2.71. The zero-order valence-corrected chi connectivity index (χ0v) is 13.5. The second-order valence-corrected chi connectivity index (χ2v) is 6.52. The van der Waals surface area contributed by atoms with Crippen LogP contribution in [0.1, 0.15) is 37.6 Å². The third-order valence-corrected chi connectivity index (χ3v) is 3.52. The van der Waals surface area contributed by atoms with Crippen LogP contribution >= 0.6 is 0 Å². The summed E-state index contributed by atoms with van der Waals surface area (Å²) in [6.45, 7) is 8.54. The molecular weight excluding hydrogens is 280 g/mol. The summed E-state index contributed by atoms with van der Waals surface area (Å²) in [5, 5.41) is 0. The van der Waals surface area contributed by atoms with Crippen LogP contribution in [0.4, 0.5) is 10.5 Å². The summed E-state index contributed by atoms with van der Waals surface area (Å²) in [5.41, 5.74) is 1.22. The summed E-state index contributed by atoms with van der Waals surface area (Å²) in [6.07, 6.45) is 1.48. The van der Waals surface area contributed by atoms with E-state index in [0.29, 0.717) is 18.7 Å². The summed E-state index contributed by atoms with van der Waals surface area (Å²) in [7, 11) is 0. The van der Waals surface area contributed by atoms with Crippen molar-refractivity contribution in [2.75, 3.05) is 31.1 Å². The van der Waals surface area contributed by atoms with Crippen LogP contribution in [0.25, 0.3) is 0 Å². The van der Waals surface area contributed by atoms with E-state index in [9.17, 15) is 9.59 Å². The highest BCUT2D eigenvalue weighted by Gasteiger charge is 2.24. The minimum atomic E-state index is -0.471. The summed E-state index contributed by atoms with van der Waals surface area (Å²) in [6, 6.07) is 7.56. The lowest BCUT2D eigenvalue weighted by atomic mass is 10.2. The van der Waals surface area contributed by atoms with Gasteiger partial charge in [0, 0.05) is 37.4 Å². The van der Waals surface area contributed by atoms with Crippen molar-refractivity contribution >= 4 is 18.1 Å². The van der Waals surface area contributed by atoms with Gasteiger partial charge in [-0.1, -0.05) is 12.1 Å². The van der Waals surface area contributed by atoms with E-state index < -0.39 is 5.60 Å². The van der Waals surface area contributed by atoms with E-state index in [1.807, 2.05) is 39.0 Å². The maximum atomic E-state index is 12.1. The molecule has 0 spiro atoms. The number of ether oxygens (including phenoxy) is 1. The number of amides is 1. The molecule has 1 heterocycles. The summed E-state index contributed by atoms with van der Waals surface area (Å²) in [4.78, 5) is 27.0. The first-order valence-electron chi connectivity index (χ1n) is 7.67. The molecule has 0 radical (unpaired) electrons. The first-order chi connectivity index (χ1) is 10.4. The minimum absolute atomic E-state index is 0.254. The van der Waals surface area contributed by atoms with Gasteiger partial charge in [-0.3, -0.25) is 4.79 Å². The number of nitrogens with zero attached hydrogens (tertiary/aromatic N) is 2. The first kappa shape index (κ1) is 16.3. The largest absolute Gasteiger partial charge is 0.444 e. The topological polar surface area (TPSA) is 49.9 Å². The molecule has 22 heavy (non-hydrogen) atoms.